The summed E-state index contributed by atoms with van der Waals surface area (Å²) in [6.07, 6.45) is 11.3. The van der Waals surface area contributed by atoms with E-state index in [1.54, 1.807) is 0 Å². The SMILES string of the molecule is O=C(CN1CCC2(CCCN(CCO)C2=O)C1)NC1CCCCCCC1. The lowest BCUT2D eigenvalue weighted by atomic mass is 9.78. The second-order valence-electron chi connectivity index (χ2n) is 8.47. The molecular formula is C20H35N3O3. The Hall–Kier alpha value is -1.14. The number of aliphatic hydroxyl groups is 1. The summed E-state index contributed by atoms with van der Waals surface area (Å²) in [4.78, 5) is 29.3. The largest absolute Gasteiger partial charge is 0.395 e. The average Bonchev–Trinajstić information content (AvgIpc) is 2.98. The lowest BCUT2D eigenvalue weighted by Gasteiger charge is -2.39. The summed E-state index contributed by atoms with van der Waals surface area (Å²) in [5.41, 5.74) is -0.325. The van der Waals surface area contributed by atoms with Crippen molar-refractivity contribution in [3.8, 4) is 0 Å². The van der Waals surface area contributed by atoms with Crippen molar-refractivity contribution in [1.82, 2.24) is 15.1 Å². The van der Waals surface area contributed by atoms with Gasteiger partial charge in [-0.15, -0.1) is 0 Å². The quantitative estimate of drug-likeness (QED) is 0.775. The molecule has 2 N–H and O–H groups in total. The van der Waals surface area contributed by atoms with E-state index in [0.29, 0.717) is 25.7 Å². The summed E-state index contributed by atoms with van der Waals surface area (Å²) in [5, 5.41) is 12.4. The molecule has 1 spiro atoms. The van der Waals surface area contributed by atoms with Gasteiger partial charge >= 0.3 is 0 Å². The fourth-order valence-corrected chi connectivity index (χ4v) is 5.03. The molecule has 148 valence electrons. The minimum Gasteiger partial charge on any atom is -0.395 e. The van der Waals surface area contributed by atoms with Crippen LogP contribution in [-0.4, -0.2) is 72.1 Å². The third-order valence-corrected chi connectivity index (χ3v) is 6.46. The zero-order chi connectivity index (χ0) is 18.4. The molecule has 2 heterocycles. The number of rotatable bonds is 5. The van der Waals surface area contributed by atoms with Gasteiger partial charge in [-0.1, -0.05) is 32.1 Å². The highest BCUT2D eigenvalue weighted by atomic mass is 16.3. The van der Waals surface area contributed by atoms with Crippen LogP contribution in [0.25, 0.3) is 0 Å². The summed E-state index contributed by atoms with van der Waals surface area (Å²) < 4.78 is 0. The third-order valence-electron chi connectivity index (χ3n) is 6.46. The topological polar surface area (TPSA) is 72.9 Å². The van der Waals surface area contributed by atoms with Gasteiger partial charge in [-0.05, 0) is 38.6 Å². The maximum absolute atomic E-state index is 12.8. The Bertz CT molecular complexity index is 489. The predicted molar refractivity (Wildman–Crippen MR) is 101 cm³/mol. The average molecular weight is 366 g/mol. The molecule has 2 saturated heterocycles. The fraction of sp³-hybridized carbons (Fsp3) is 0.900. The van der Waals surface area contributed by atoms with Gasteiger partial charge < -0.3 is 15.3 Å². The first-order valence-electron chi connectivity index (χ1n) is 10.5. The van der Waals surface area contributed by atoms with E-state index >= 15 is 0 Å². The first-order chi connectivity index (χ1) is 12.6. The summed E-state index contributed by atoms with van der Waals surface area (Å²) in [6, 6.07) is 0.329. The Morgan fingerprint density at radius 2 is 1.81 bits per heavy atom. The van der Waals surface area contributed by atoms with Crippen molar-refractivity contribution >= 4 is 11.8 Å². The van der Waals surface area contributed by atoms with Crippen molar-refractivity contribution in [3.05, 3.63) is 0 Å². The van der Waals surface area contributed by atoms with Gasteiger partial charge in [0.05, 0.1) is 18.6 Å². The molecule has 2 amide bonds. The first kappa shape index (κ1) is 19.6. The van der Waals surface area contributed by atoms with Crippen LogP contribution in [0.4, 0.5) is 0 Å². The summed E-state index contributed by atoms with van der Waals surface area (Å²) in [5.74, 6) is 0.295. The number of hydrogen-bond acceptors (Lipinski definition) is 4. The summed E-state index contributed by atoms with van der Waals surface area (Å²) in [6.45, 7) is 3.12. The van der Waals surface area contributed by atoms with Gasteiger partial charge in [-0.2, -0.15) is 0 Å². The van der Waals surface area contributed by atoms with Crippen LogP contribution in [0, 0.1) is 5.41 Å². The zero-order valence-electron chi connectivity index (χ0n) is 16.0. The molecule has 0 aromatic carbocycles. The number of aliphatic hydroxyl groups excluding tert-OH is 1. The number of nitrogens with one attached hydrogen (secondary N) is 1. The summed E-state index contributed by atoms with van der Waals surface area (Å²) >= 11 is 0. The lowest BCUT2D eigenvalue weighted by Crippen LogP contribution is -2.51. The second kappa shape index (κ2) is 9.18. The highest BCUT2D eigenvalue weighted by Crippen LogP contribution is 2.39. The van der Waals surface area contributed by atoms with E-state index < -0.39 is 0 Å². The molecular weight excluding hydrogens is 330 g/mol. The van der Waals surface area contributed by atoms with E-state index in [4.69, 9.17) is 0 Å². The van der Waals surface area contributed by atoms with Gasteiger partial charge in [0.1, 0.15) is 0 Å². The smallest absolute Gasteiger partial charge is 0.234 e. The Morgan fingerprint density at radius 3 is 2.54 bits per heavy atom. The number of hydrogen-bond donors (Lipinski definition) is 2. The molecule has 3 fully saturated rings. The number of carbonyl (C=O) groups excluding carboxylic acids is 2. The van der Waals surface area contributed by atoms with Crippen molar-refractivity contribution in [2.24, 2.45) is 5.41 Å². The highest BCUT2D eigenvalue weighted by molar-refractivity contribution is 5.84. The molecule has 3 rings (SSSR count). The molecule has 2 aliphatic heterocycles. The molecule has 0 radical (unpaired) electrons. The lowest BCUT2D eigenvalue weighted by molar-refractivity contribution is -0.146. The highest BCUT2D eigenvalue weighted by Gasteiger charge is 2.48. The number of amides is 2. The number of likely N-dealkylation sites (tertiary alicyclic amines) is 2. The fourth-order valence-electron chi connectivity index (χ4n) is 5.03. The maximum atomic E-state index is 12.8. The van der Waals surface area contributed by atoms with Crippen molar-refractivity contribution in [2.45, 2.75) is 70.3 Å². The molecule has 6 heteroatoms. The van der Waals surface area contributed by atoms with Crippen LogP contribution in [0.3, 0.4) is 0 Å². The van der Waals surface area contributed by atoms with Crippen LogP contribution in [-0.2, 0) is 9.59 Å². The van der Waals surface area contributed by atoms with Gasteiger partial charge in [0, 0.05) is 25.7 Å². The molecule has 1 atom stereocenters. The van der Waals surface area contributed by atoms with E-state index in [-0.39, 0.29) is 23.8 Å². The van der Waals surface area contributed by atoms with E-state index in [0.717, 1.165) is 45.2 Å². The van der Waals surface area contributed by atoms with Gasteiger partial charge in [-0.3, -0.25) is 14.5 Å². The Labute approximate surface area is 157 Å². The van der Waals surface area contributed by atoms with Gasteiger partial charge in [0.15, 0.2) is 0 Å². The number of carbonyl (C=O) groups is 2. The molecule has 3 aliphatic rings. The van der Waals surface area contributed by atoms with E-state index in [1.807, 2.05) is 4.90 Å². The van der Waals surface area contributed by atoms with Crippen molar-refractivity contribution in [3.63, 3.8) is 0 Å². The molecule has 0 bridgehead atoms. The van der Waals surface area contributed by atoms with Gasteiger partial charge in [0.2, 0.25) is 11.8 Å². The Morgan fingerprint density at radius 1 is 1.08 bits per heavy atom. The molecule has 0 aromatic heterocycles. The Balaban J connectivity index is 1.49. The molecule has 1 saturated carbocycles. The van der Waals surface area contributed by atoms with Crippen LogP contribution in [0.5, 0.6) is 0 Å². The third kappa shape index (κ3) is 4.77. The molecule has 1 unspecified atom stereocenters. The molecule has 26 heavy (non-hydrogen) atoms. The van der Waals surface area contributed by atoms with E-state index in [1.165, 1.54) is 32.1 Å². The van der Waals surface area contributed by atoms with Gasteiger partial charge in [0.25, 0.3) is 0 Å². The molecule has 6 nitrogen and oxygen atoms in total. The second-order valence-corrected chi connectivity index (χ2v) is 8.47. The number of piperidine rings is 1. The predicted octanol–water partition coefficient (Wildman–Crippen LogP) is 1.52. The standard InChI is InChI=1S/C20H35N3O3/c24-14-13-23-11-6-9-20(19(23)26)10-12-22(16-20)15-18(25)21-17-7-4-2-1-3-5-8-17/h17,24H,1-16H2,(H,21,25). The number of nitrogens with zero attached hydrogens (tertiary/aromatic N) is 2. The van der Waals surface area contributed by atoms with Crippen LogP contribution in [0.2, 0.25) is 0 Å². The summed E-state index contributed by atoms with van der Waals surface area (Å²) in [7, 11) is 0. The molecule has 0 aromatic rings. The van der Waals surface area contributed by atoms with Crippen molar-refractivity contribution in [1.29, 1.82) is 0 Å². The van der Waals surface area contributed by atoms with Gasteiger partial charge in [-0.25, -0.2) is 0 Å². The zero-order valence-corrected chi connectivity index (χ0v) is 16.0. The van der Waals surface area contributed by atoms with Crippen molar-refractivity contribution < 1.29 is 14.7 Å². The normalized spacial score (nSPS) is 29.0. The first-order valence-corrected chi connectivity index (χ1v) is 10.5. The van der Waals surface area contributed by atoms with E-state index in [9.17, 15) is 14.7 Å². The van der Waals surface area contributed by atoms with Crippen LogP contribution in [0.15, 0.2) is 0 Å². The minimum absolute atomic E-state index is 0.0231. The van der Waals surface area contributed by atoms with Crippen LogP contribution < -0.4 is 5.32 Å². The van der Waals surface area contributed by atoms with E-state index in [2.05, 4.69) is 10.2 Å². The Kier molecular flexibility index (Phi) is 6.92. The monoisotopic (exact) mass is 365 g/mol. The van der Waals surface area contributed by atoms with Crippen LogP contribution in [0.1, 0.15) is 64.2 Å². The van der Waals surface area contributed by atoms with Crippen molar-refractivity contribution in [2.75, 3.05) is 39.3 Å². The molecule has 1 aliphatic carbocycles. The minimum atomic E-state index is -0.325. The van der Waals surface area contributed by atoms with Crippen LogP contribution >= 0.6 is 0 Å². The maximum Gasteiger partial charge on any atom is 0.234 e. The number of β-amino-alcohol motifs (C(OH)–C–C–N with tert-alkyl or cyclic N) is 1.